The minimum atomic E-state index is -1.10. The van der Waals surface area contributed by atoms with Crippen LogP contribution in [0.1, 0.15) is 26.3 Å². The number of halogens is 1. The van der Waals surface area contributed by atoms with Crippen molar-refractivity contribution in [1.82, 2.24) is 5.32 Å². The Morgan fingerprint density at radius 2 is 1.96 bits per heavy atom. The molecule has 0 aliphatic rings. The zero-order valence-corrected chi connectivity index (χ0v) is 13.2. The van der Waals surface area contributed by atoms with Gasteiger partial charge < -0.3 is 10.4 Å². The maximum Gasteiger partial charge on any atom is 0.336 e. The van der Waals surface area contributed by atoms with Gasteiger partial charge in [-0.25, -0.2) is 4.79 Å². The monoisotopic (exact) mass is 378 g/mol. The highest BCUT2D eigenvalue weighted by Gasteiger charge is 2.13. The van der Waals surface area contributed by atoms with Crippen LogP contribution in [0.2, 0.25) is 0 Å². The molecule has 0 fully saturated rings. The van der Waals surface area contributed by atoms with E-state index < -0.39 is 16.8 Å². The van der Waals surface area contributed by atoms with Crippen LogP contribution in [0.4, 0.5) is 5.69 Å². The maximum absolute atomic E-state index is 12.1. The van der Waals surface area contributed by atoms with Gasteiger partial charge in [0, 0.05) is 28.7 Å². The summed E-state index contributed by atoms with van der Waals surface area (Å²) in [5.41, 5.74) is 0.881. The first kappa shape index (κ1) is 16.6. The van der Waals surface area contributed by atoms with Crippen LogP contribution in [0, 0.1) is 10.1 Å². The first-order valence-electron chi connectivity index (χ1n) is 6.43. The lowest BCUT2D eigenvalue weighted by molar-refractivity contribution is -0.384. The number of carbonyl (C=O) groups is 2. The van der Waals surface area contributed by atoms with Gasteiger partial charge in [0.2, 0.25) is 0 Å². The SMILES string of the molecule is O=C(NCc1cccc([N+](=O)[O-])c1)c1ccc(C(=O)O)c(Br)c1. The number of nitro benzene ring substituents is 1. The smallest absolute Gasteiger partial charge is 0.336 e. The molecule has 0 radical (unpaired) electrons. The third-order valence-electron chi connectivity index (χ3n) is 3.04. The standard InChI is InChI=1S/C15H11BrN2O5/c16-13-7-10(4-5-12(13)15(20)21)14(19)17-8-9-2-1-3-11(6-9)18(22)23/h1-7H,8H2,(H,17,19)(H,20,21). The summed E-state index contributed by atoms with van der Waals surface area (Å²) in [5.74, 6) is -1.51. The molecule has 0 aliphatic carbocycles. The van der Waals surface area contributed by atoms with E-state index in [4.69, 9.17) is 5.11 Å². The van der Waals surface area contributed by atoms with Crippen molar-refractivity contribution in [3.8, 4) is 0 Å². The molecule has 1 amide bonds. The average molecular weight is 379 g/mol. The van der Waals surface area contributed by atoms with Crippen LogP contribution in [0.3, 0.4) is 0 Å². The lowest BCUT2D eigenvalue weighted by Crippen LogP contribution is -2.23. The van der Waals surface area contributed by atoms with E-state index >= 15 is 0 Å². The molecule has 23 heavy (non-hydrogen) atoms. The first-order valence-corrected chi connectivity index (χ1v) is 7.22. The molecule has 2 N–H and O–H groups in total. The van der Waals surface area contributed by atoms with Gasteiger partial charge in [0.1, 0.15) is 0 Å². The molecular formula is C15H11BrN2O5. The summed E-state index contributed by atoms with van der Waals surface area (Å²) in [6, 6.07) is 10.1. The number of carboxylic acid groups (broad SMARTS) is 1. The van der Waals surface area contributed by atoms with Crippen molar-refractivity contribution < 1.29 is 19.6 Å². The van der Waals surface area contributed by atoms with Crippen molar-refractivity contribution in [2.24, 2.45) is 0 Å². The fraction of sp³-hybridized carbons (Fsp3) is 0.0667. The molecule has 0 bridgehead atoms. The van der Waals surface area contributed by atoms with Crippen LogP contribution in [0.15, 0.2) is 46.9 Å². The zero-order chi connectivity index (χ0) is 17.0. The van der Waals surface area contributed by atoms with E-state index in [1.54, 1.807) is 6.07 Å². The molecule has 0 saturated heterocycles. The van der Waals surface area contributed by atoms with Crippen molar-refractivity contribution in [2.45, 2.75) is 6.54 Å². The minimum Gasteiger partial charge on any atom is -0.478 e. The van der Waals surface area contributed by atoms with E-state index in [1.807, 2.05) is 0 Å². The Labute approximate surface area is 139 Å². The second kappa shape index (κ2) is 7.01. The number of nitrogens with one attached hydrogen (secondary N) is 1. The van der Waals surface area contributed by atoms with Crippen molar-refractivity contribution in [2.75, 3.05) is 0 Å². The Balaban J connectivity index is 2.08. The average Bonchev–Trinajstić information content (AvgIpc) is 2.52. The molecule has 0 saturated carbocycles. The van der Waals surface area contributed by atoms with E-state index in [-0.39, 0.29) is 23.4 Å². The Kier molecular flexibility index (Phi) is 5.07. The fourth-order valence-electron chi connectivity index (χ4n) is 1.89. The number of nitrogens with zero attached hydrogens (tertiary/aromatic N) is 1. The molecule has 0 aromatic heterocycles. The predicted octanol–water partition coefficient (Wildman–Crippen LogP) is 2.99. The molecule has 0 aliphatic heterocycles. The highest BCUT2D eigenvalue weighted by molar-refractivity contribution is 9.10. The molecule has 0 spiro atoms. The van der Waals surface area contributed by atoms with E-state index in [9.17, 15) is 19.7 Å². The second-order valence-electron chi connectivity index (χ2n) is 4.61. The first-order chi connectivity index (χ1) is 10.9. The van der Waals surface area contributed by atoms with Crippen LogP contribution >= 0.6 is 15.9 Å². The van der Waals surface area contributed by atoms with E-state index in [1.165, 1.54) is 36.4 Å². The van der Waals surface area contributed by atoms with Gasteiger partial charge >= 0.3 is 5.97 Å². The van der Waals surface area contributed by atoms with Crippen LogP contribution in [-0.2, 0) is 6.54 Å². The number of hydrogen-bond acceptors (Lipinski definition) is 4. The van der Waals surface area contributed by atoms with Crippen molar-refractivity contribution in [3.05, 3.63) is 73.7 Å². The van der Waals surface area contributed by atoms with Gasteiger partial charge in [-0.2, -0.15) is 0 Å². The zero-order valence-electron chi connectivity index (χ0n) is 11.7. The summed E-state index contributed by atoms with van der Waals surface area (Å²) in [7, 11) is 0. The van der Waals surface area contributed by atoms with Gasteiger partial charge in [-0.1, -0.05) is 12.1 Å². The molecule has 8 heteroatoms. The second-order valence-corrected chi connectivity index (χ2v) is 5.46. The Morgan fingerprint density at radius 3 is 2.57 bits per heavy atom. The molecule has 0 unspecified atom stereocenters. The number of rotatable bonds is 5. The van der Waals surface area contributed by atoms with Crippen molar-refractivity contribution in [1.29, 1.82) is 0 Å². The molecule has 0 heterocycles. The van der Waals surface area contributed by atoms with Crippen molar-refractivity contribution >= 4 is 33.5 Å². The summed E-state index contributed by atoms with van der Waals surface area (Å²) in [5, 5.41) is 22.3. The number of hydrogen-bond donors (Lipinski definition) is 2. The van der Waals surface area contributed by atoms with Crippen LogP contribution in [-0.4, -0.2) is 21.9 Å². The molecule has 2 aromatic rings. The van der Waals surface area contributed by atoms with E-state index in [0.29, 0.717) is 10.0 Å². The van der Waals surface area contributed by atoms with Gasteiger partial charge in [0.05, 0.1) is 10.5 Å². The number of nitro groups is 1. The number of aromatic carboxylic acids is 1. The largest absolute Gasteiger partial charge is 0.478 e. The van der Waals surface area contributed by atoms with Gasteiger partial charge in [-0.05, 0) is 39.7 Å². The van der Waals surface area contributed by atoms with Gasteiger partial charge in [0.25, 0.3) is 11.6 Å². The van der Waals surface area contributed by atoms with E-state index in [0.717, 1.165) is 0 Å². The number of benzene rings is 2. The fourth-order valence-corrected chi connectivity index (χ4v) is 2.44. The number of carbonyl (C=O) groups excluding carboxylic acids is 1. The summed E-state index contributed by atoms with van der Waals surface area (Å²) >= 11 is 3.10. The highest BCUT2D eigenvalue weighted by atomic mass is 79.9. The lowest BCUT2D eigenvalue weighted by atomic mass is 10.1. The highest BCUT2D eigenvalue weighted by Crippen LogP contribution is 2.19. The topological polar surface area (TPSA) is 110 Å². The molecule has 2 rings (SSSR count). The number of carboxylic acids is 1. The van der Waals surface area contributed by atoms with E-state index in [2.05, 4.69) is 21.2 Å². The molecule has 118 valence electrons. The molecular weight excluding hydrogens is 368 g/mol. The normalized spacial score (nSPS) is 10.1. The van der Waals surface area contributed by atoms with Gasteiger partial charge in [0.15, 0.2) is 0 Å². The van der Waals surface area contributed by atoms with Crippen LogP contribution in [0.5, 0.6) is 0 Å². The summed E-state index contributed by atoms with van der Waals surface area (Å²) < 4.78 is 0.299. The Bertz CT molecular complexity index is 791. The maximum atomic E-state index is 12.1. The lowest BCUT2D eigenvalue weighted by Gasteiger charge is -2.07. The summed E-state index contributed by atoms with van der Waals surface area (Å²) in [4.78, 5) is 33.2. The third-order valence-corrected chi connectivity index (χ3v) is 3.69. The number of non-ortho nitro benzene ring substituents is 1. The van der Waals surface area contributed by atoms with Crippen LogP contribution in [0.25, 0.3) is 0 Å². The molecule has 7 nitrogen and oxygen atoms in total. The van der Waals surface area contributed by atoms with Crippen LogP contribution < -0.4 is 5.32 Å². The van der Waals surface area contributed by atoms with Crippen molar-refractivity contribution in [3.63, 3.8) is 0 Å². The Hall–Kier alpha value is -2.74. The quantitative estimate of drug-likeness (QED) is 0.613. The predicted molar refractivity (Wildman–Crippen MR) is 85.4 cm³/mol. The molecule has 0 atom stereocenters. The molecule has 2 aromatic carbocycles. The summed E-state index contributed by atoms with van der Waals surface area (Å²) in [6.45, 7) is 0.124. The Morgan fingerprint density at radius 1 is 1.22 bits per heavy atom. The summed E-state index contributed by atoms with van der Waals surface area (Å²) in [6.07, 6.45) is 0. The minimum absolute atomic E-state index is 0.0506. The number of amides is 1. The van der Waals surface area contributed by atoms with Gasteiger partial charge in [-0.15, -0.1) is 0 Å². The third kappa shape index (κ3) is 4.13. The van der Waals surface area contributed by atoms with Gasteiger partial charge in [-0.3, -0.25) is 14.9 Å².